The Bertz CT molecular complexity index is 81.9. The SMILES string of the molecule is CCCCCSCCCC(C)S. The molecule has 0 bridgehead atoms. The summed E-state index contributed by atoms with van der Waals surface area (Å²) in [6.45, 7) is 4.43. The minimum atomic E-state index is 0.584. The van der Waals surface area contributed by atoms with E-state index in [-0.39, 0.29) is 0 Å². The van der Waals surface area contributed by atoms with E-state index in [0.717, 1.165) is 0 Å². The van der Waals surface area contributed by atoms with Crippen molar-refractivity contribution in [3.8, 4) is 0 Å². The summed E-state index contributed by atoms with van der Waals surface area (Å²) in [7, 11) is 0. The van der Waals surface area contributed by atoms with Crippen molar-refractivity contribution >= 4 is 24.4 Å². The highest BCUT2D eigenvalue weighted by Crippen LogP contribution is 2.11. The molecule has 0 saturated heterocycles. The van der Waals surface area contributed by atoms with Crippen LogP contribution in [0, 0.1) is 0 Å². The molecular weight excluding hydrogens is 184 g/mol. The Morgan fingerprint density at radius 3 is 2.42 bits per heavy atom. The van der Waals surface area contributed by atoms with E-state index < -0.39 is 0 Å². The summed E-state index contributed by atoms with van der Waals surface area (Å²) >= 11 is 6.45. The number of rotatable bonds is 8. The predicted molar refractivity (Wildman–Crippen MR) is 64.5 cm³/mol. The van der Waals surface area contributed by atoms with E-state index >= 15 is 0 Å². The van der Waals surface area contributed by atoms with Crippen molar-refractivity contribution in [2.75, 3.05) is 11.5 Å². The molecule has 0 N–H and O–H groups in total. The number of hydrogen-bond donors (Lipinski definition) is 1. The maximum Gasteiger partial charge on any atom is -0.00113 e. The Labute approximate surface area is 87.3 Å². The average molecular weight is 206 g/mol. The van der Waals surface area contributed by atoms with Crippen LogP contribution in [-0.4, -0.2) is 16.8 Å². The van der Waals surface area contributed by atoms with Gasteiger partial charge in [-0.3, -0.25) is 0 Å². The summed E-state index contributed by atoms with van der Waals surface area (Å²) in [4.78, 5) is 0. The molecule has 0 aliphatic heterocycles. The quantitative estimate of drug-likeness (QED) is 0.462. The van der Waals surface area contributed by atoms with Gasteiger partial charge in [0.1, 0.15) is 0 Å². The molecule has 0 aliphatic carbocycles. The third-order valence-corrected chi connectivity index (χ3v) is 3.22. The van der Waals surface area contributed by atoms with E-state index in [2.05, 4.69) is 38.2 Å². The van der Waals surface area contributed by atoms with Gasteiger partial charge in [-0.05, 0) is 36.0 Å². The molecule has 0 aromatic heterocycles. The molecule has 0 saturated carbocycles. The average Bonchev–Trinajstić information content (AvgIpc) is 2.02. The number of unbranched alkanes of at least 4 members (excludes halogenated alkanes) is 2. The van der Waals surface area contributed by atoms with Crippen LogP contribution in [0.15, 0.2) is 0 Å². The van der Waals surface area contributed by atoms with Crippen LogP contribution in [0.25, 0.3) is 0 Å². The lowest BCUT2D eigenvalue weighted by atomic mass is 10.3. The minimum Gasteiger partial charge on any atom is -0.176 e. The number of thiol groups is 1. The van der Waals surface area contributed by atoms with Crippen molar-refractivity contribution in [1.82, 2.24) is 0 Å². The molecule has 2 heteroatoms. The smallest absolute Gasteiger partial charge is 0.00113 e. The number of hydrogen-bond acceptors (Lipinski definition) is 2. The summed E-state index contributed by atoms with van der Waals surface area (Å²) in [6.07, 6.45) is 6.74. The lowest BCUT2D eigenvalue weighted by Gasteiger charge is -2.03. The predicted octanol–water partition coefficient (Wildman–Crippen LogP) is 4.01. The Morgan fingerprint density at radius 1 is 1.17 bits per heavy atom. The molecule has 0 spiro atoms. The van der Waals surface area contributed by atoms with Gasteiger partial charge in [0.05, 0.1) is 0 Å². The normalized spacial score (nSPS) is 13.2. The highest BCUT2D eigenvalue weighted by atomic mass is 32.2. The summed E-state index contributed by atoms with van der Waals surface area (Å²) in [6, 6.07) is 0. The lowest BCUT2D eigenvalue weighted by Crippen LogP contribution is -1.92. The maximum atomic E-state index is 4.35. The standard InChI is InChI=1S/C10H22S2/c1-3-4-5-8-12-9-6-7-10(2)11/h10-11H,3-9H2,1-2H3. The van der Waals surface area contributed by atoms with Gasteiger partial charge in [0.2, 0.25) is 0 Å². The second kappa shape index (κ2) is 9.79. The molecular formula is C10H22S2. The van der Waals surface area contributed by atoms with E-state index in [1.807, 2.05) is 0 Å². The van der Waals surface area contributed by atoms with Gasteiger partial charge in [-0.1, -0.05) is 26.7 Å². The molecule has 0 heterocycles. The van der Waals surface area contributed by atoms with Crippen LogP contribution in [0.5, 0.6) is 0 Å². The first-order chi connectivity index (χ1) is 5.77. The first-order valence-corrected chi connectivity index (χ1v) is 6.70. The highest BCUT2D eigenvalue weighted by molar-refractivity contribution is 7.99. The zero-order chi connectivity index (χ0) is 9.23. The molecule has 0 amide bonds. The van der Waals surface area contributed by atoms with Gasteiger partial charge in [0.25, 0.3) is 0 Å². The Kier molecular flexibility index (Phi) is 10.4. The fourth-order valence-corrected chi connectivity index (χ4v) is 2.20. The van der Waals surface area contributed by atoms with Crippen molar-refractivity contribution in [3.05, 3.63) is 0 Å². The molecule has 0 aromatic carbocycles. The summed E-state index contributed by atoms with van der Waals surface area (Å²) in [5.74, 6) is 2.68. The van der Waals surface area contributed by atoms with E-state index in [0.29, 0.717) is 5.25 Å². The third-order valence-electron chi connectivity index (χ3n) is 1.80. The molecule has 0 aliphatic rings. The molecule has 12 heavy (non-hydrogen) atoms. The summed E-state index contributed by atoms with van der Waals surface area (Å²) in [5.41, 5.74) is 0. The first-order valence-electron chi connectivity index (χ1n) is 5.03. The second-order valence-corrected chi connectivity index (χ2v) is 5.42. The van der Waals surface area contributed by atoms with Gasteiger partial charge in [-0.2, -0.15) is 24.4 Å². The summed E-state index contributed by atoms with van der Waals surface area (Å²) < 4.78 is 0. The van der Waals surface area contributed by atoms with Crippen LogP contribution >= 0.6 is 24.4 Å². The fraction of sp³-hybridized carbons (Fsp3) is 1.00. The van der Waals surface area contributed by atoms with Gasteiger partial charge in [0, 0.05) is 0 Å². The Balaban J connectivity index is 2.82. The van der Waals surface area contributed by atoms with Gasteiger partial charge in [0.15, 0.2) is 0 Å². The highest BCUT2D eigenvalue weighted by Gasteiger charge is 1.94. The molecule has 1 atom stereocenters. The molecule has 0 nitrogen and oxygen atoms in total. The van der Waals surface area contributed by atoms with Crippen molar-refractivity contribution in [2.24, 2.45) is 0 Å². The third kappa shape index (κ3) is 10.7. The van der Waals surface area contributed by atoms with E-state index in [1.54, 1.807) is 0 Å². The molecule has 0 radical (unpaired) electrons. The molecule has 0 fully saturated rings. The fourth-order valence-electron chi connectivity index (χ4n) is 1.04. The second-order valence-electron chi connectivity index (χ2n) is 3.31. The van der Waals surface area contributed by atoms with Crippen molar-refractivity contribution in [2.45, 2.75) is 51.2 Å². The van der Waals surface area contributed by atoms with Crippen LogP contribution in [0.3, 0.4) is 0 Å². The van der Waals surface area contributed by atoms with Crippen molar-refractivity contribution in [1.29, 1.82) is 0 Å². The Morgan fingerprint density at radius 2 is 1.83 bits per heavy atom. The van der Waals surface area contributed by atoms with E-state index in [9.17, 15) is 0 Å². The topological polar surface area (TPSA) is 0 Å². The van der Waals surface area contributed by atoms with Crippen molar-refractivity contribution in [3.63, 3.8) is 0 Å². The summed E-state index contributed by atoms with van der Waals surface area (Å²) in [5, 5.41) is 0.584. The molecule has 1 unspecified atom stereocenters. The molecule has 74 valence electrons. The largest absolute Gasteiger partial charge is 0.176 e. The molecule has 0 rings (SSSR count). The van der Waals surface area contributed by atoms with Crippen LogP contribution < -0.4 is 0 Å². The van der Waals surface area contributed by atoms with E-state index in [4.69, 9.17) is 0 Å². The van der Waals surface area contributed by atoms with Crippen LogP contribution in [0.2, 0.25) is 0 Å². The van der Waals surface area contributed by atoms with Gasteiger partial charge >= 0.3 is 0 Å². The van der Waals surface area contributed by atoms with Crippen LogP contribution in [-0.2, 0) is 0 Å². The van der Waals surface area contributed by atoms with Gasteiger partial charge in [-0.25, -0.2) is 0 Å². The Hall–Kier alpha value is 0.700. The van der Waals surface area contributed by atoms with Crippen molar-refractivity contribution < 1.29 is 0 Å². The van der Waals surface area contributed by atoms with Gasteiger partial charge in [-0.15, -0.1) is 0 Å². The van der Waals surface area contributed by atoms with E-state index in [1.165, 1.54) is 43.6 Å². The lowest BCUT2D eigenvalue weighted by molar-refractivity contribution is 0.774. The number of thioether (sulfide) groups is 1. The zero-order valence-corrected chi connectivity index (χ0v) is 10.1. The zero-order valence-electron chi connectivity index (χ0n) is 8.38. The maximum absolute atomic E-state index is 4.35. The first kappa shape index (κ1) is 12.7. The minimum absolute atomic E-state index is 0.584. The molecule has 0 aromatic rings. The van der Waals surface area contributed by atoms with Crippen LogP contribution in [0.1, 0.15) is 46.0 Å². The van der Waals surface area contributed by atoms with Crippen LogP contribution in [0.4, 0.5) is 0 Å². The monoisotopic (exact) mass is 206 g/mol. The van der Waals surface area contributed by atoms with Gasteiger partial charge < -0.3 is 0 Å².